The van der Waals surface area contributed by atoms with Crippen molar-refractivity contribution in [2.75, 3.05) is 21.5 Å². The molecular weight excluding hydrogens is 377 g/mol. The first-order chi connectivity index (χ1) is 12.5. The number of hydrogen-bond donors (Lipinski definition) is 3. The van der Waals surface area contributed by atoms with Gasteiger partial charge in [-0.1, -0.05) is 36.5 Å². The summed E-state index contributed by atoms with van der Waals surface area (Å²) in [6.07, 6.45) is 1.27. The molecule has 0 atom stereocenters. The van der Waals surface area contributed by atoms with E-state index in [1.165, 1.54) is 30.4 Å². The predicted molar refractivity (Wildman–Crippen MR) is 105 cm³/mol. The number of halogens is 2. The first kappa shape index (κ1) is 18.2. The lowest BCUT2D eigenvalue weighted by Crippen LogP contribution is -2.15. The molecule has 0 radical (unpaired) electrons. The Labute approximate surface area is 158 Å². The number of nitrogens with zero attached hydrogens (tertiary/aromatic N) is 2. The molecule has 26 heavy (non-hydrogen) atoms. The number of aromatic nitrogens is 2. The van der Waals surface area contributed by atoms with Crippen molar-refractivity contribution in [3.63, 3.8) is 0 Å². The molecule has 4 N–H and O–H groups in total. The van der Waals surface area contributed by atoms with Gasteiger partial charge in [-0.05, 0) is 24.3 Å². The molecule has 0 spiro atoms. The van der Waals surface area contributed by atoms with Crippen LogP contribution in [0.2, 0.25) is 5.02 Å². The number of benzene rings is 2. The maximum Gasteiger partial charge on any atom is 0.257 e. The highest BCUT2D eigenvalue weighted by atomic mass is 35.5. The van der Waals surface area contributed by atoms with Crippen molar-refractivity contribution < 1.29 is 9.18 Å². The summed E-state index contributed by atoms with van der Waals surface area (Å²) in [7, 11) is 0. The molecule has 1 aromatic heterocycles. The molecule has 1 heterocycles. The number of nitrogen functional groups attached to an aromatic ring is 1. The molecule has 0 unspecified atom stereocenters. The van der Waals surface area contributed by atoms with E-state index in [2.05, 4.69) is 20.0 Å². The molecule has 0 saturated carbocycles. The number of fused-ring (bicyclic) bond motifs is 1. The molecule has 0 bridgehead atoms. The zero-order valence-electron chi connectivity index (χ0n) is 13.7. The third-order valence-electron chi connectivity index (χ3n) is 3.60. The number of hydrogen-bond acceptors (Lipinski definition) is 6. The van der Waals surface area contributed by atoms with Crippen molar-refractivity contribution in [2.24, 2.45) is 0 Å². The van der Waals surface area contributed by atoms with Crippen LogP contribution in [0, 0.1) is 5.82 Å². The van der Waals surface area contributed by atoms with Crippen molar-refractivity contribution in [1.82, 2.24) is 9.97 Å². The maximum absolute atomic E-state index is 14.7. The van der Waals surface area contributed by atoms with Crippen LogP contribution in [0.3, 0.4) is 0 Å². The quantitative estimate of drug-likeness (QED) is 0.560. The molecule has 1 amide bonds. The zero-order valence-corrected chi connectivity index (χ0v) is 15.3. The van der Waals surface area contributed by atoms with Crippen molar-refractivity contribution in [3.8, 4) is 0 Å². The highest BCUT2D eigenvalue weighted by Crippen LogP contribution is 2.32. The van der Waals surface area contributed by atoms with Crippen molar-refractivity contribution in [1.29, 1.82) is 0 Å². The van der Waals surface area contributed by atoms with Crippen molar-refractivity contribution in [2.45, 2.75) is 6.92 Å². The molecule has 3 rings (SSSR count). The number of carbonyl (C=O) groups is 1. The summed E-state index contributed by atoms with van der Waals surface area (Å²) >= 11 is 7.41. The van der Waals surface area contributed by atoms with Crippen molar-refractivity contribution >= 4 is 57.6 Å². The Morgan fingerprint density at radius 3 is 2.88 bits per heavy atom. The van der Waals surface area contributed by atoms with Gasteiger partial charge < -0.3 is 15.8 Å². The van der Waals surface area contributed by atoms with Gasteiger partial charge in [-0.3, -0.25) is 4.79 Å². The van der Waals surface area contributed by atoms with Crippen LogP contribution < -0.4 is 15.8 Å². The zero-order chi connectivity index (χ0) is 18.7. The van der Waals surface area contributed by atoms with Crippen LogP contribution in [0.1, 0.15) is 17.3 Å². The molecule has 0 aliphatic rings. The Hall–Kier alpha value is -2.58. The van der Waals surface area contributed by atoms with Gasteiger partial charge in [-0.2, -0.15) is 0 Å². The molecule has 2 aromatic carbocycles. The summed E-state index contributed by atoms with van der Waals surface area (Å²) in [4.78, 5) is 20.7. The first-order valence-electron chi connectivity index (χ1n) is 7.69. The van der Waals surface area contributed by atoms with Gasteiger partial charge in [0.1, 0.15) is 12.1 Å². The molecule has 9 heteroatoms. The lowest BCUT2D eigenvalue weighted by molar-refractivity contribution is 0.102. The van der Waals surface area contributed by atoms with Crippen LogP contribution in [0.15, 0.2) is 36.7 Å². The van der Waals surface area contributed by atoms with Gasteiger partial charge in [0.05, 0.1) is 27.5 Å². The van der Waals surface area contributed by atoms with Gasteiger partial charge in [0.2, 0.25) is 0 Å². The number of rotatable bonds is 5. The summed E-state index contributed by atoms with van der Waals surface area (Å²) in [5, 5.41) is 3.16. The number of carbonyl (C=O) groups excluding carboxylic acids is 1. The van der Waals surface area contributed by atoms with E-state index in [1.807, 2.05) is 6.92 Å². The Kier molecular flexibility index (Phi) is 5.43. The van der Waals surface area contributed by atoms with E-state index in [0.29, 0.717) is 10.9 Å². The van der Waals surface area contributed by atoms with E-state index >= 15 is 0 Å². The van der Waals surface area contributed by atoms with E-state index in [0.717, 1.165) is 5.75 Å². The van der Waals surface area contributed by atoms with Gasteiger partial charge in [0.25, 0.3) is 5.91 Å². The van der Waals surface area contributed by atoms with E-state index < -0.39 is 11.7 Å². The standard InChI is InChI=1S/C17H15ClFN5OS/c1-2-26-24-12-7-6-11(18)15(13(12)19)23-17(25)10-5-3-4-9-14(10)21-8-22-16(9)20/h3-8,24H,2H2,1H3,(H,23,25)(H2,20,21,22). The maximum atomic E-state index is 14.7. The highest BCUT2D eigenvalue weighted by molar-refractivity contribution is 8.00. The van der Waals surface area contributed by atoms with E-state index in [4.69, 9.17) is 17.3 Å². The summed E-state index contributed by atoms with van der Waals surface area (Å²) in [5.41, 5.74) is 6.58. The van der Waals surface area contributed by atoms with Crippen LogP contribution in [-0.2, 0) is 0 Å². The molecule has 0 fully saturated rings. The molecule has 134 valence electrons. The first-order valence-corrected chi connectivity index (χ1v) is 9.05. The number of para-hydroxylation sites is 1. The lowest BCUT2D eigenvalue weighted by atomic mass is 10.1. The van der Waals surface area contributed by atoms with E-state index in [9.17, 15) is 9.18 Å². The number of anilines is 3. The van der Waals surface area contributed by atoms with Crippen LogP contribution >= 0.6 is 23.5 Å². The Morgan fingerprint density at radius 2 is 2.12 bits per heavy atom. The summed E-state index contributed by atoms with van der Waals surface area (Å²) < 4.78 is 17.6. The fraction of sp³-hybridized carbons (Fsp3) is 0.118. The molecule has 0 aliphatic heterocycles. The largest absolute Gasteiger partial charge is 0.383 e. The second kappa shape index (κ2) is 7.76. The molecular formula is C17H15ClFN5OS. The normalized spacial score (nSPS) is 10.7. The summed E-state index contributed by atoms with van der Waals surface area (Å²) in [6.45, 7) is 1.93. The van der Waals surface area contributed by atoms with Crippen LogP contribution in [0.5, 0.6) is 0 Å². The Bertz CT molecular complexity index is 985. The van der Waals surface area contributed by atoms with E-state index in [1.54, 1.807) is 18.2 Å². The second-order valence-corrected chi connectivity index (χ2v) is 6.71. The third-order valence-corrected chi connectivity index (χ3v) is 4.56. The van der Waals surface area contributed by atoms with Crippen LogP contribution in [-0.4, -0.2) is 21.6 Å². The molecule has 0 saturated heterocycles. The molecule has 3 aromatic rings. The minimum Gasteiger partial charge on any atom is -0.383 e. The molecule has 0 aliphatic carbocycles. The predicted octanol–water partition coefficient (Wildman–Crippen LogP) is 4.34. The van der Waals surface area contributed by atoms with Gasteiger partial charge in [-0.25, -0.2) is 14.4 Å². The average molecular weight is 392 g/mol. The number of amides is 1. The third kappa shape index (κ3) is 3.51. The van der Waals surface area contributed by atoms with Gasteiger partial charge >= 0.3 is 0 Å². The van der Waals surface area contributed by atoms with Gasteiger partial charge in [0, 0.05) is 11.1 Å². The minimum absolute atomic E-state index is 0.0947. The smallest absolute Gasteiger partial charge is 0.257 e. The Morgan fingerprint density at radius 1 is 1.31 bits per heavy atom. The second-order valence-electron chi connectivity index (χ2n) is 5.23. The fourth-order valence-corrected chi connectivity index (χ4v) is 3.02. The van der Waals surface area contributed by atoms with Gasteiger partial charge in [0.15, 0.2) is 5.82 Å². The minimum atomic E-state index is -0.638. The van der Waals surface area contributed by atoms with Crippen LogP contribution in [0.25, 0.3) is 10.9 Å². The topological polar surface area (TPSA) is 92.9 Å². The van der Waals surface area contributed by atoms with Crippen molar-refractivity contribution in [3.05, 3.63) is 53.1 Å². The SMILES string of the molecule is CCSNc1ccc(Cl)c(NC(=O)c2cccc3c(N)ncnc23)c1F. The average Bonchev–Trinajstić information content (AvgIpc) is 2.64. The highest BCUT2D eigenvalue weighted by Gasteiger charge is 2.18. The summed E-state index contributed by atoms with van der Waals surface area (Å²) in [6, 6.07) is 7.97. The fourth-order valence-electron chi connectivity index (χ4n) is 2.37. The van der Waals surface area contributed by atoms with Crippen LogP contribution in [0.4, 0.5) is 21.6 Å². The van der Waals surface area contributed by atoms with E-state index in [-0.39, 0.29) is 27.8 Å². The number of nitrogens with two attached hydrogens (primary N) is 1. The Balaban J connectivity index is 1.98. The lowest BCUT2D eigenvalue weighted by Gasteiger charge is -2.13. The summed E-state index contributed by atoms with van der Waals surface area (Å²) in [5.74, 6) is -0.173. The molecule has 6 nitrogen and oxygen atoms in total. The number of nitrogens with one attached hydrogen (secondary N) is 2. The monoisotopic (exact) mass is 391 g/mol. The van der Waals surface area contributed by atoms with Gasteiger partial charge in [-0.15, -0.1) is 0 Å².